The van der Waals surface area contributed by atoms with Gasteiger partial charge in [0.25, 0.3) is 0 Å². The van der Waals surface area contributed by atoms with Crippen molar-refractivity contribution in [3.05, 3.63) is 36.2 Å². The van der Waals surface area contributed by atoms with E-state index in [0.717, 1.165) is 29.7 Å². The molecule has 0 fully saturated rings. The molecule has 0 atom stereocenters. The fourth-order valence-corrected chi connectivity index (χ4v) is 1.50. The van der Waals surface area contributed by atoms with Gasteiger partial charge < -0.3 is 10.6 Å². The smallest absolute Gasteiger partial charge is 0.147 e. The van der Waals surface area contributed by atoms with Crippen LogP contribution in [0.4, 0.5) is 11.6 Å². The van der Waals surface area contributed by atoms with Crippen LogP contribution >= 0.6 is 0 Å². The third-order valence-electron chi connectivity index (χ3n) is 2.28. The average molecular weight is 244 g/mol. The molecule has 2 aromatic heterocycles. The number of aryl methyl sites for hydroxylation is 1. The van der Waals surface area contributed by atoms with E-state index in [0.29, 0.717) is 6.54 Å². The van der Waals surface area contributed by atoms with Gasteiger partial charge in [0.05, 0.1) is 24.6 Å². The largest absolute Gasteiger partial charge is 0.369 e. The molecule has 6 heteroatoms. The van der Waals surface area contributed by atoms with Crippen LogP contribution in [0.15, 0.2) is 24.7 Å². The van der Waals surface area contributed by atoms with Crippen molar-refractivity contribution in [2.24, 2.45) is 0 Å². The molecule has 6 nitrogen and oxygen atoms in total. The first-order valence-electron chi connectivity index (χ1n) is 5.86. The molecule has 0 spiro atoms. The molecule has 2 rings (SSSR count). The van der Waals surface area contributed by atoms with Crippen molar-refractivity contribution in [1.82, 2.24) is 19.9 Å². The Bertz CT molecular complexity index is 513. The van der Waals surface area contributed by atoms with Crippen molar-refractivity contribution in [2.45, 2.75) is 20.4 Å². The lowest BCUT2D eigenvalue weighted by Crippen LogP contribution is -2.07. The number of anilines is 2. The lowest BCUT2D eigenvalue weighted by molar-refractivity contribution is 0.947. The molecule has 0 aliphatic carbocycles. The Labute approximate surface area is 106 Å². The van der Waals surface area contributed by atoms with Gasteiger partial charge in [0, 0.05) is 12.7 Å². The predicted molar refractivity (Wildman–Crippen MR) is 70.3 cm³/mol. The van der Waals surface area contributed by atoms with Crippen LogP contribution in [0.2, 0.25) is 0 Å². The minimum atomic E-state index is 0.605. The normalized spacial score (nSPS) is 10.1. The number of nitrogens with one attached hydrogen (secondary N) is 2. The summed E-state index contributed by atoms with van der Waals surface area (Å²) in [5.74, 6) is 2.26. The van der Waals surface area contributed by atoms with E-state index < -0.39 is 0 Å². The van der Waals surface area contributed by atoms with Gasteiger partial charge in [-0.25, -0.2) is 15.0 Å². The average Bonchev–Trinajstić information content (AvgIpc) is 2.37. The Morgan fingerprint density at radius 3 is 2.61 bits per heavy atom. The second-order valence-corrected chi connectivity index (χ2v) is 3.77. The molecule has 0 aliphatic rings. The molecular weight excluding hydrogens is 228 g/mol. The Hall–Kier alpha value is -2.24. The van der Waals surface area contributed by atoms with Gasteiger partial charge in [-0.15, -0.1) is 0 Å². The van der Waals surface area contributed by atoms with Crippen molar-refractivity contribution in [1.29, 1.82) is 0 Å². The third kappa shape index (κ3) is 3.38. The molecule has 0 amide bonds. The predicted octanol–water partition coefficient (Wildman–Crippen LogP) is 1.62. The molecule has 0 aliphatic heterocycles. The van der Waals surface area contributed by atoms with Crippen molar-refractivity contribution in [3.63, 3.8) is 0 Å². The number of hydrogen-bond acceptors (Lipinski definition) is 6. The Kier molecular flexibility index (Phi) is 4.01. The van der Waals surface area contributed by atoms with Crippen molar-refractivity contribution in [2.75, 3.05) is 17.2 Å². The molecule has 0 unspecified atom stereocenters. The zero-order valence-corrected chi connectivity index (χ0v) is 10.5. The lowest BCUT2D eigenvalue weighted by atomic mass is 10.4. The van der Waals surface area contributed by atoms with E-state index in [2.05, 4.69) is 30.6 Å². The van der Waals surface area contributed by atoms with Crippen LogP contribution in [0.3, 0.4) is 0 Å². The van der Waals surface area contributed by atoms with Gasteiger partial charge >= 0.3 is 0 Å². The minimum Gasteiger partial charge on any atom is -0.369 e. The van der Waals surface area contributed by atoms with Gasteiger partial charge in [-0.05, 0) is 19.9 Å². The summed E-state index contributed by atoms with van der Waals surface area (Å²) in [4.78, 5) is 16.9. The van der Waals surface area contributed by atoms with Crippen LogP contribution in [-0.2, 0) is 6.54 Å². The molecule has 0 saturated carbocycles. The highest BCUT2D eigenvalue weighted by Crippen LogP contribution is 2.07. The molecule has 2 heterocycles. The first-order chi connectivity index (χ1) is 8.78. The summed E-state index contributed by atoms with van der Waals surface area (Å²) in [6.45, 7) is 5.32. The van der Waals surface area contributed by atoms with Gasteiger partial charge in [0.1, 0.15) is 17.5 Å². The van der Waals surface area contributed by atoms with E-state index in [-0.39, 0.29) is 0 Å². The summed E-state index contributed by atoms with van der Waals surface area (Å²) in [6.07, 6.45) is 5.14. The van der Waals surface area contributed by atoms with Crippen LogP contribution < -0.4 is 10.6 Å². The van der Waals surface area contributed by atoms with Gasteiger partial charge in [-0.3, -0.25) is 4.98 Å². The van der Waals surface area contributed by atoms with Gasteiger partial charge in [0.15, 0.2) is 0 Å². The van der Waals surface area contributed by atoms with E-state index >= 15 is 0 Å². The summed E-state index contributed by atoms with van der Waals surface area (Å²) in [5, 5.41) is 6.30. The number of hydrogen-bond donors (Lipinski definition) is 2. The third-order valence-corrected chi connectivity index (χ3v) is 2.28. The number of nitrogens with zero attached hydrogens (tertiary/aromatic N) is 4. The number of rotatable bonds is 5. The van der Waals surface area contributed by atoms with E-state index in [1.54, 1.807) is 18.6 Å². The minimum absolute atomic E-state index is 0.605. The van der Waals surface area contributed by atoms with Gasteiger partial charge in [0.2, 0.25) is 0 Å². The van der Waals surface area contributed by atoms with E-state index in [1.165, 1.54) is 0 Å². The Morgan fingerprint density at radius 1 is 1.11 bits per heavy atom. The summed E-state index contributed by atoms with van der Waals surface area (Å²) in [6, 6.07) is 1.88. The second-order valence-electron chi connectivity index (χ2n) is 3.77. The number of aromatic nitrogens is 4. The topological polar surface area (TPSA) is 75.6 Å². The first kappa shape index (κ1) is 12.2. The second kappa shape index (κ2) is 5.90. The van der Waals surface area contributed by atoms with E-state index in [1.807, 2.05) is 19.9 Å². The summed E-state index contributed by atoms with van der Waals surface area (Å²) in [5.41, 5.74) is 0.929. The molecule has 0 radical (unpaired) electrons. The Morgan fingerprint density at radius 2 is 1.89 bits per heavy atom. The van der Waals surface area contributed by atoms with Crippen LogP contribution in [0.1, 0.15) is 18.4 Å². The highest BCUT2D eigenvalue weighted by atomic mass is 15.1. The van der Waals surface area contributed by atoms with Gasteiger partial charge in [-0.2, -0.15) is 0 Å². The van der Waals surface area contributed by atoms with E-state index in [9.17, 15) is 0 Å². The van der Waals surface area contributed by atoms with Crippen molar-refractivity contribution in [3.8, 4) is 0 Å². The first-order valence-corrected chi connectivity index (χ1v) is 5.86. The van der Waals surface area contributed by atoms with Crippen molar-refractivity contribution < 1.29 is 0 Å². The van der Waals surface area contributed by atoms with Crippen LogP contribution in [0.25, 0.3) is 0 Å². The standard InChI is InChI=1S/C12H16N6/c1-3-14-11-7-13-8-12(18-11)16-6-10-4-5-15-9(2)17-10/h4-5,7-8H,3,6H2,1-2H3,(H2,14,16,18). The molecule has 18 heavy (non-hydrogen) atoms. The quantitative estimate of drug-likeness (QED) is 0.832. The maximum Gasteiger partial charge on any atom is 0.147 e. The van der Waals surface area contributed by atoms with Crippen LogP contribution in [0, 0.1) is 6.92 Å². The monoisotopic (exact) mass is 244 g/mol. The molecule has 94 valence electrons. The van der Waals surface area contributed by atoms with Crippen LogP contribution in [0.5, 0.6) is 0 Å². The molecule has 2 N–H and O–H groups in total. The lowest BCUT2D eigenvalue weighted by Gasteiger charge is -2.07. The zero-order chi connectivity index (χ0) is 12.8. The highest BCUT2D eigenvalue weighted by molar-refractivity contribution is 5.41. The summed E-state index contributed by atoms with van der Waals surface area (Å²) >= 11 is 0. The zero-order valence-electron chi connectivity index (χ0n) is 10.5. The van der Waals surface area contributed by atoms with Gasteiger partial charge in [-0.1, -0.05) is 0 Å². The van der Waals surface area contributed by atoms with Crippen LogP contribution in [-0.4, -0.2) is 26.5 Å². The highest BCUT2D eigenvalue weighted by Gasteiger charge is 1.99. The van der Waals surface area contributed by atoms with Crippen molar-refractivity contribution >= 4 is 11.6 Å². The molecule has 0 bridgehead atoms. The summed E-state index contributed by atoms with van der Waals surface area (Å²) < 4.78 is 0. The fourth-order valence-electron chi connectivity index (χ4n) is 1.50. The maximum atomic E-state index is 4.37. The fraction of sp³-hybridized carbons (Fsp3) is 0.333. The summed E-state index contributed by atoms with van der Waals surface area (Å²) in [7, 11) is 0. The molecular formula is C12H16N6. The SMILES string of the molecule is CCNc1cncc(NCc2ccnc(C)n2)n1. The molecule has 0 aromatic carbocycles. The maximum absolute atomic E-state index is 4.37. The molecule has 0 saturated heterocycles. The Balaban J connectivity index is 1.99. The van der Waals surface area contributed by atoms with E-state index in [4.69, 9.17) is 0 Å². The molecule has 2 aromatic rings.